The third kappa shape index (κ3) is 5.08. The van der Waals surface area contributed by atoms with Crippen molar-refractivity contribution < 1.29 is 19.0 Å². The van der Waals surface area contributed by atoms with Crippen LogP contribution in [0.3, 0.4) is 0 Å². The molecule has 200 valence electrons. The lowest BCUT2D eigenvalue weighted by atomic mass is 9.88. The Labute approximate surface area is 227 Å². The van der Waals surface area contributed by atoms with Crippen LogP contribution in [0, 0.1) is 0 Å². The minimum absolute atomic E-state index is 0.00331. The number of carbonyl (C=O) groups is 1. The van der Waals surface area contributed by atoms with E-state index in [0.717, 1.165) is 45.6 Å². The van der Waals surface area contributed by atoms with Gasteiger partial charge in [0.1, 0.15) is 12.4 Å². The number of H-pyrrole nitrogens is 1. The molecule has 1 aromatic heterocycles. The van der Waals surface area contributed by atoms with Crippen molar-refractivity contribution in [2.75, 3.05) is 39.8 Å². The first-order valence-corrected chi connectivity index (χ1v) is 13.1. The van der Waals surface area contributed by atoms with E-state index >= 15 is 0 Å². The molecule has 4 aromatic rings. The van der Waals surface area contributed by atoms with Crippen molar-refractivity contribution in [1.82, 2.24) is 15.2 Å². The van der Waals surface area contributed by atoms with Gasteiger partial charge in [-0.2, -0.15) is 0 Å². The molecule has 0 saturated carbocycles. The summed E-state index contributed by atoms with van der Waals surface area (Å²) >= 11 is 0. The zero-order valence-electron chi connectivity index (χ0n) is 22.1. The topological polar surface area (TPSA) is 102 Å². The summed E-state index contributed by atoms with van der Waals surface area (Å²) in [6.07, 6.45) is 4.05. The molecule has 0 aliphatic carbocycles. The van der Waals surface area contributed by atoms with E-state index in [1.165, 1.54) is 0 Å². The van der Waals surface area contributed by atoms with Gasteiger partial charge in [0.25, 0.3) is 0 Å². The van der Waals surface area contributed by atoms with Gasteiger partial charge in [-0.1, -0.05) is 36.4 Å². The highest BCUT2D eigenvalue weighted by atomic mass is 16.7. The van der Waals surface area contributed by atoms with E-state index in [1.54, 1.807) is 6.08 Å². The average Bonchev–Trinajstić information content (AvgIpc) is 3.56. The Bertz CT molecular complexity index is 1560. The van der Waals surface area contributed by atoms with E-state index in [9.17, 15) is 4.79 Å². The van der Waals surface area contributed by atoms with Crippen LogP contribution in [-0.2, 0) is 11.2 Å². The molecule has 2 aliphatic heterocycles. The number of hydrogen-bond acceptors (Lipinski definition) is 7. The molecule has 8 heteroatoms. The van der Waals surface area contributed by atoms with Crippen LogP contribution in [-0.4, -0.2) is 55.7 Å². The lowest BCUT2D eigenvalue weighted by Crippen LogP contribution is -2.44. The van der Waals surface area contributed by atoms with Crippen LogP contribution in [0.5, 0.6) is 17.2 Å². The minimum Gasteiger partial charge on any atom is -0.490 e. The zero-order valence-corrected chi connectivity index (χ0v) is 22.1. The Morgan fingerprint density at radius 3 is 2.82 bits per heavy atom. The Morgan fingerprint density at radius 1 is 1.10 bits per heavy atom. The first-order valence-electron chi connectivity index (χ1n) is 13.1. The molecule has 0 bridgehead atoms. The molecule has 39 heavy (non-hydrogen) atoms. The van der Waals surface area contributed by atoms with Gasteiger partial charge in [0.2, 0.25) is 6.79 Å². The zero-order chi connectivity index (χ0) is 26.9. The highest BCUT2D eigenvalue weighted by Crippen LogP contribution is 2.39. The fourth-order valence-corrected chi connectivity index (χ4v) is 5.19. The fraction of sp³-hybridized carbons (Fsp3) is 0.258. The van der Waals surface area contributed by atoms with Gasteiger partial charge in [0, 0.05) is 23.1 Å². The number of likely N-dealkylation sites (N-methyl/N-ethyl adjacent to an activating group) is 1. The highest BCUT2D eigenvalue weighted by Gasteiger charge is 2.33. The highest BCUT2D eigenvalue weighted by molar-refractivity contribution is 5.99. The number of rotatable bonds is 8. The summed E-state index contributed by atoms with van der Waals surface area (Å²) in [5.41, 5.74) is 11.8. The molecule has 2 aliphatic rings. The molecule has 2 unspecified atom stereocenters. The first-order chi connectivity index (χ1) is 19.0. The summed E-state index contributed by atoms with van der Waals surface area (Å²) in [4.78, 5) is 19.2. The van der Waals surface area contributed by atoms with E-state index in [4.69, 9.17) is 19.9 Å². The van der Waals surface area contributed by atoms with Crippen molar-refractivity contribution in [2.24, 2.45) is 0 Å². The predicted molar refractivity (Wildman–Crippen MR) is 152 cm³/mol. The molecule has 0 spiro atoms. The van der Waals surface area contributed by atoms with Crippen molar-refractivity contribution >= 4 is 28.4 Å². The van der Waals surface area contributed by atoms with Gasteiger partial charge in [-0.3, -0.25) is 10.1 Å². The summed E-state index contributed by atoms with van der Waals surface area (Å²) in [6.45, 7) is 1.53. The average molecular weight is 525 g/mol. The number of nitrogens with one attached hydrogen (secondary N) is 2. The number of nitrogen functional groups attached to an aromatic ring is 1. The molecular formula is C31H32N4O4. The number of benzene rings is 3. The lowest BCUT2D eigenvalue weighted by molar-refractivity contribution is -0.116. The second-order valence-corrected chi connectivity index (χ2v) is 10.2. The molecule has 0 fully saturated rings. The molecule has 0 radical (unpaired) electrons. The van der Waals surface area contributed by atoms with Gasteiger partial charge in [0.15, 0.2) is 17.3 Å². The summed E-state index contributed by atoms with van der Waals surface area (Å²) < 4.78 is 17.0. The molecule has 2 atom stereocenters. The van der Waals surface area contributed by atoms with Crippen molar-refractivity contribution in [3.8, 4) is 17.2 Å². The van der Waals surface area contributed by atoms with Gasteiger partial charge in [-0.25, -0.2) is 0 Å². The number of ketones is 1. The molecule has 3 aromatic carbocycles. The first kappa shape index (κ1) is 25.0. The number of fused-ring (bicyclic) bond motifs is 4. The van der Waals surface area contributed by atoms with E-state index in [1.807, 2.05) is 73.6 Å². The second kappa shape index (κ2) is 10.5. The molecule has 0 saturated heterocycles. The van der Waals surface area contributed by atoms with Crippen LogP contribution in [0.1, 0.15) is 28.4 Å². The number of aromatic nitrogens is 1. The predicted octanol–water partition coefficient (Wildman–Crippen LogP) is 4.31. The van der Waals surface area contributed by atoms with Gasteiger partial charge >= 0.3 is 0 Å². The van der Waals surface area contributed by atoms with Gasteiger partial charge in [-0.05, 0) is 73.6 Å². The van der Waals surface area contributed by atoms with Crippen molar-refractivity contribution in [3.63, 3.8) is 0 Å². The number of para-hydroxylation sites is 1. The summed E-state index contributed by atoms with van der Waals surface area (Å²) in [5, 5.41) is 4.73. The number of nitrogens with two attached hydrogens (primary N) is 1. The maximum atomic E-state index is 13.5. The van der Waals surface area contributed by atoms with E-state index < -0.39 is 6.04 Å². The number of nitrogens with zero attached hydrogens (tertiary/aromatic N) is 1. The van der Waals surface area contributed by atoms with Gasteiger partial charge in [0.05, 0.1) is 17.8 Å². The van der Waals surface area contributed by atoms with E-state index in [-0.39, 0.29) is 18.6 Å². The second-order valence-electron chi connectivity index (χ2n) is 10.2. The number of anilines is 1. The molecule has 8 nitrogen and oxygen atoms in total. The number of hydrogen-bond donors (Lipinski definition) is 3. The largest absolute Gasteiger partial charge is 0.490 e. The number of carbonyl (C=O) groups excluding carboxylic acids is 1. The Morgan fingerprint density at radius 2 is 1.95 bits per heavy atom. The number of ether oxygens (including phenoxy) is 3. The summed E-state index contributed by atoms with van der Waals surface area (Å²) in [7, 11) is 3.99. The molecular weight excluding hydrogens is 492 g/mol. The molecule has 6 rings (SSSR count). The number of aromatic amines is 1. The van der Waals surface area contributed by atoms with E-state index in [2.05, 4.69) is 22.4 Å². The van der Waals surface area contributed by atoms with Crippen LogP contribution < -0.4 is 25.3 Å². The fourth-order valence-electron chi connectivity index (χ4n) is 5.19. The summed E-state index contributed by atoms with van der Waals surface area (Å²) in [5.74, 6) is 2.07. The monoisotopic (exact) mass is 524 g/mol. The summed E-state index contributed by atoms with van der Waals surface area (Å²) in [6, 6.07) is 19.1. The molecule has 0 amide bonds. The van der Waals surface area contributed by atoms with Crippen molar-refractivity contribution in [2.45, 2.75) is 18.5 Å². The SMILES string of the molecule is CN(C)CCOc1cc(C=CC(=O)C2Cc3c([nH]c4ccccc34)C(c3ccc4c(c3)OCO4)N2)ccc1N. The maximum absolute atomic E-state index is 13.5. The Hall–Kier alpha value is -4.27. The van der Waals surface area contributed by atoms with Crippen molar-refractivity contribution in [3.05, 3.63) is 89.1 Å². The molecule has 3 heterocycles. The normalized spacial score (nSPS) is 18.1. The Kier molecular flexibility index (Phi) is 6.72. The van der Waals surface area contributed by atoms with E-state index in [0.29, 0.717) is 30.2 Å². The van der Waals surface area contributed by atoms with Crippen LogP contribution in [0.25, 0.3) is 17.0 Å². The lowest BCUT2D eigenvalue weighted by Gasteiger charge is -2.30. The third-order valence-corrected chi connectivity index (χ3v) is 7.26. The molecule has 4 N–H and O–H groups in total. The quantitative estimate of drug-likeness (QED) is 0.233. The maximum Gasteiger partial charge on any atom is 0.231 e. The smallest absolute Gasteiger partial charge is 0.231 e. The standard InChI is InChI=1S/C31H32N4O4/c1-35(2)13-14-37-28-15-19(7-10-23(28)32)8-11-26(36)25-17-22-21-5-3-4-6-24(21)33-31(22)30(34-25)20-9-12-27-29(16-20)39-18-38-27/h3-12,15-16,25,30,33-34H,13-14,17-18,32H2,1-2H3. The van der Waals surface area contributed by atoms with Crippen molar-refractivity contribution in [1.29, 1.82) is 0 Å². The minimum atomic E-state index is -0.395. The van der Waals surface area contributed by atoms with Crippen LogP contribution >= 0.6 is 0 Å². The van der Waals surface area contributed by atoms with Crippen LogP contribution in [0.4, 0.5) is 5.69 Å². The van der Waals surface area contributed by atoms with Crippen LogP contribution in [0.15, 0.2) is 66.7 Å². The van der Waals surface area contributed by atoms with Gasteiger partial charge in [-0.15, -0.1) is 0 Å². The van der Waals surface area contributed by atoms with Gasteiger partial charge < -0.3 is 29.8 Å². The van der Waals surface area contributed by atoms with Crippen LogP contribution in [0.2, 0.25) is 0 Å². The third-order valence-electron chi connectivity index (χ3n) is 7.26. The Balaban J connectivity index is 1.27.